The average molecular weight is 316 g/mol. The first-order valence-electron chi connectivity index (χ1n) is 7.52. The molecule has 1 aliphatic carbocycles. The summed E-state index contributed by atoms with van der Waals surface area (Å²) in [5.41, 5.74) is 2.64. The van der Waals surface area contributed by atoms with Gasteiger partial charge in [-0.15, -0.1) is 0 Å². The van der Waals surface area contributed by atoms with Crippen LogP contribution < -0.4 is 19.9 Å². The minimum atomic E-state index is -1.18. The summed E-state index contributed by atoms with van der Waals surface area (Å²) in [5.74, 6) is -1.73. The Bertz CT molecular complexity index is 694. The lowest BCUT2D eigenvalue weighted by Gasteiger charge is -2.32. The van der Waals surface area contributed by atoms with E-state index in [1.165, 1.54) is 0 Å². The Morgan fingerprint density at radius 1 is 1.09 bits per heavy atom. The molecule has 1 amide bonds. The first-order chi connectivity index (χ1) is 11.0. The number of allylic oxidation sites excluding steroid dienone is 2. The molecule has 3 rings (SSSR count). The van der Waals surface area contributed by atoms with Crippen LogP contribution in [0.25, 0.3) is 0 Å². The lowest BCUT2D eigenvalue weighted by molar-refractivity contribution is -0.313. The fourth-order valence-electron chi connectivity index (χ4n) is 3.02. The zero-order valence-electron chi connectivity index (χ0n) is 13.0. The van der Waals surface area contributed by atoms with Crippen molar-refractivity contribution in [2.45, 2.75) is 26.7 Å². The lowest BCUT2D eigenvalue weighted by atomic mass is 9.76. The van der Waals surface area contributed by atoms with E-state index in [1.54, 1.807) is 18.2 Å². The van der Waals surface area contributed by atoms with Crippen LogP contribution in [0.3, 0.4) is 0 Å². The van der Waals surface area contributed by atoms with Crippen LogP contribution in [-0.2, 0) is 9.59 Å². The molecule has 122 valence electrons. The Morgan fingerprint density at radius 3 is 2.43 bits per heavy atom. The van der Waals surface area contributed by atoms with E-state index >= 15 is 0 Å². The highest BCUT2D eigenvalue weighted by Crippen LogP contribution is 2.36. The van der Waals surface area contributed by atoms with Gasteiger partial charge in [0.15, 0.2) is 11.5 Å². The number of carbonyl (C=O) groups excluding carboxylic acids is 2. The van der Waals surface area contributed by atoms with Gasteiger partial charge < -0.3 is 24.7 Å². The minimum absolute atomic E-state index is 0.158. The quantitative estimate of drug-likeness (QED) is 0.853. The minimum Gasteiger partial charge on any atom is -0.550 e. The van der Waals surface area contributed by atoms with E-state index in [0.717, 1.165) is 11.1 Å². The maximum absolute atomic E-state index is 12.5. The van der Waals surface area contributed by atoms with Gasteiger partial charge in [-0.1, -0.05) is 11.1 Å². The summed E-state index contributed by atoms with van der Waals surface area (Å²) in [6.45, 7) is 3.99. The van der Waals surface area contributed by atoms with Gasteiger partial charge in [-0.3, -0.25) is 4.79 Å². The standard InChI is InChI=1S/C17H19NO5/c1-9-5-12(13(17(20)21)6-10(9)2)16(19)18-11-3-4-14-15(7-11)23-8-22-14/h3-4,7,12-13H,5-6,8H2,1-2H3,(H,18,19)(H,20,21)/p-1/t12-,13+/m0/s1. The number of hydrogen-bond donors (Lipinski definition) is 1. The fraction of sp³-hybridized carbons (Fsp3) is 0.412. The second-order valence-electron chi connectivity index (χ2n) is 6.06. The first kappa shape index (κ1) is 15.4. The van der Waals surface area contributed by atoms with Crippen molar-refractivity contribution in [3.63, 3.8) is 0 Å². The molecule has 0 bridgehead atoms. The number of hydrogen-bond acceptors (Lipinski definition) is 5. The van der Waals surface area contributed by atoms with Gasteiger partial charge in [-0.05, 0) is 38.8 Å². The third-order valence-electron chi connectivity index (χ3n) is 4.55. The second-order valence-corrected chi connectivity index (χ2v) is 6.06. The summed E-state index contributed by atoms with van der Waals surface area (Å²) < 4.78 is 10.5. The maximum Gasteiger partial charge on any atom is 0.231 e. The van der Waals surface area contributed by atoms with Gasteiger partial charge in [0.1, 0.15) is 0 Å². The molecule has 1 aromatic rings. The van der Waals surface area contributed by atoms with Crippen molar-refractivity contribution in [1.29, 1.82) is 0 Å². The van der Waals surface area contributed by atoms with Crippen LogP contribution in [0, 0.1) is 11.8 Å². The van der Waals surface area contributed by atoms with Gasteiger partial charge in [0.05, 0.1) is 5.92 Å². The first-order valence-corrected chi connectivity index (χ1v) is 7.52. The molecule has 2 atom stereocenters. The number of carboxylic acid groups (broad SMARTS) is 1. The lowest BCUT2D eigenvalue weighted by Crippen LogP contribution is -2.42. The molecule has 1 heterocycles. The Kier molecular flexibility index (Phi) is 3.98. The Balaban J connectivity index is 1.77. The monoisotopic (exact) mass is 316 g/mol. The summed E-state index contributed by atoms with van der Waals surface area (Å²) in [6, 6.07) is 5.09. The number of anilines is 1. The van der Waals surface area contributed by atoms with Crippen LogP contribution >= 0.6 is 0 Å². The van der Waals surface area contributed by atoms with E-state index in [4.69, 9.17) is 9.47 Å². The van der Waals surface area contributed by atoms with E-state index < -0.39 is 17.8 Å². The molecule has 6 heteroatoms. The second kappa shape index (κ2) is 5.95. The van der Waals surface area contributed by atoms with Crippen LogP contribution in [0.5, 0.6) is 11.5 Å². The topological polar surface area (TPSA) is 87.7 Å². The highest BCUT2D eigenvalue weighted by Gasteiger charge is 2.33. The summed E-state index contributed by atoms with van der Waals surface area (Å²) >= 11 is 0. The van der Waals surface area contributed by atoms with Crippen molar-refractivity contribution in [1.82, 2.24) is 0 Å². The van der Waals surface area contributed by atoms with E-state index in [1.807, 2.05) is 13.8 Å². The van der Waals surface area contributed by atoms with E-state index in [-0.39, 0.29) is 12.7 Å². The molecule has 0 aromatic heterocycles. The zero-order chi connectivity index (χ0) is 16.6. The third-order valence-corrected chi connectivity index (χ3v) is 4.55. The number of benzene rings is 1. The van der Waals surface area contributed by atoms with Crippen LogP contribution in [0.1, 0.15) is 26.7 Å². The molecular weight excluding hydrogens is 298 g/mol. The van der Waals surface area contributed by atoms with Gasteiger partial charge in [0.25, 0.3) is 0 Å². The Morgan fingerprint density at radius 2 is 1.74 bits per heavy atom. The van der Waals surface area contributed by atoms with Gasteiger partial charge >= 0.3 is 0 Å². The molecule has 0 radical (unpaired) electrons. The summed E-state index contributed by atoms with van der Waals surface area (Å²) in [5, 5.41) is 14.2. The molecule has 0 saturated heterocycles. The van der Waals surface area contributed by atoms with Crippen molar-refractivity contribution in [2.75, 3.05) is 12.1 Å². The third kappa shape index (κ3) is 3.02. The average Bonchev–Trinajstić information content (AvgIpc) is 2.96. The summed E-state index contributed by atoms with van der Waals surface area (Å²) in [4.78, 5) is 23.9. The van der Waals surface area contributed by atoms with E-state index in [9.17, 15) is 14.7 Å². The van der Waals surface area contributed by atoms with E-state index in [0.29, 0.717) is 30.0 Å². The number of amides is 1. The smallest absolute Gasteiger partial charge is 0.231 e. The van der Waals surface area contributed by atoms with Gasteiger partial charge in [-0.2, -0.15) is 0 Å². The van der Waals surface area contributed by atoms with Gasteiger partial charge in [0.2, 0.25) is 12.7 Å². The normalized spacial score (nSPS) is 22.9. The van der Waals surface area contributed by atoms with Crippen molar-refractivity contribution in [3.8, 4) is 11.5 Å². The predicted octanol–water partition coefficient (Wildman–Crippen LogP) is 1.47. The van der Waals surface area contributed by atoms with Crippen LogP contribution in [0.4, 0.5) is 5.69 Å². The number of ether oxygens (including phenoxy) is 2. The molecule has 1 aliphatic heterocycles. The molecule has 1 N–H and O–H groups in total. The van der Waals surface area contributed by atoms with Crippen molar-refractivity contribution < 1.29 is 24.2 Å². The van der Waals surface area contributed by atoms with Crippen LogP contribution in [0.15, 0.2) is 29.3 Å². The molecule has 0 fully saturated rings. The Hall–Kier alpha value is -2.50. The van der Waals surface area contributed by atoms with Gasteiger partial charge in [0, 0.05) is 23.6 Å². The highest BCUT2D eigenvalue weighted by atomic mass is 16.7. The number of nitrogens with one attached hydrogen (secondary N) is 1. The number of carboxylic acids is 1. The highest BCUT2D eigenvalue weighted by molar-refractivity contribution is 5.95. The van der Waals surface area contributed by atoms with E-state index in [2.05, 4.69) is 5.32 Å². The van der Waals surface area contributed by atoms with Crippen LogP contribution in [0.2, 0.25) is 0 Å². The number of aliphatic carboxylic acids is 1. The van der Waals surface area contributed by atoms with Crippen molar-refractivity contribution >= 4 is 17.6 Å². The maximum atomic E-state index is 12.5. The zero-order valence-corrected chi connectivity index (χ0v) is 13.0. The van der Waals surface area contributed by atoms with Crippen molar-refractivity contribution in [3.05, 3.63) is 29.3 Å². The van der Waals surface area contributed by atoms with Crippen molar-refractivity contribution in [2.24, 2.45) is 11.8 Å². The predicted molar refractivity (Wildman–Crippen MR) is 80.8 cm³/mol. The molecule has 6 nitrogen and oxygen atoms in total. The Labute approximate surface area is 134 Å². The SMILES string of the molecule is CC1=C(C)C[C@@H](C(=O)[O-])[C@@H](C(=O)Nc2ccc3c(c2)OCO3)C1. The number of fused-ring (bicyclic) bond motifs is 1. The molecule has 23 heavy (non-hydrogen) atoms. The van der Waals surface area contributed by atoms with Crippen LogP contribution in [-0.4, -0.2) is 18.7 Å². The molecule has 0 spiro atoms. The molecular formula is C17H18NO5-. The summed E-state index contributed by atoms with van der Waals surface area (Å²) in [7, 11) is 0. The summed E-state index contributed by atoms with van der Waals surface area (Å²) in [6.07, 6.45) is 0.786. The number of rotatable bonds is 3. The molecule has 2 aliphatic rings. The fourth-order valence-corrected chi connectivity index (χ4v) is 3.02. The van der Waals surface area contributed by atoms with Gasteiger partial charge in [-0.25, -0.2) is 0 Å². The largest absolute Gasteiger partial charge is 0.550 e. The molecule has 0 unspecified atom stereocenters. The molecule has 0 saturated carbocycles. The number of carbonyl (C=O) groups is 2. The molecule has 1 aromatic carbocycles.